The van der Waals surface area contributed by atoms with Gasteiger partial charge >= 0.3 is 0 Å². The van der Waals surface area contributed by atoms with Gasteiger partial charge in [0.25, 0.3) is 0 Å². The van der Waals surface area contributed by atoms with Gasteiger partial charge in [-0.15, -0.1) is 0 Å². The fourth-order valence-electron chi connectivity index (χ4n) is 2.60. The van der Waals surface area contributed by atoms with E-state index >= 15 is 0 Å². The van der Waals surface area contributed by atoms with Crippen molar-refractivity contribution < 1.29 is 9.53 Å². The summed E-state index contributed by atoms with van der Waals surface area (Å²) in [5, 5.41) is 6.23. The molecule has 1 saturated heterocycles. The average Bonchev–Trinajstić information content (AvgIpc) is 2.87. The minimum atomic E-state index is -0.796. The number of benzene rings is 1. The lowest BCUT2D eigenvalue weighted by Crippen LogP contribution is -2.54. The molecule has 0 aliphatic carbocycles. The molecule has 1 fully saturated rings. The van der Waals surface area contributed by atoms with E-state index in [4.69, 9.17) is 10.5 Å². The molecular weight excluding hydrogens is 242 g/mol. The van der Waals surface area contributed by atoms with Gasteiger partial charge in [-0.25, -0.2) is 0 Å². The Hall–Kier alpha value is -1.59. The first kappa shape index (κ1) is 12.4. The van der Waals surface area contributed by atoms with E-state index in [1.54, 1.807) is 0 Å². The van der Waals surface area contributed by atoms with Crippen LogP contribution >= 0.6 is 0 Å². The summed E-state index contributed by atoms with van der Waals surface area (Å²) in [6.07, 6.45) is 2.15. The van der Waals surface area contributed by atoms with Crippen molar-refractivity contribution in [1.82, 2.24) is 0 Å². The third-order valence-electron chi connectivity index (χ3n) is 3.91. The maximum absolute atomic E-state index is 12.3. The zero-order valence-electron chi connectivity index (χ0n) is 10.9. The van der Waals surface area contributed by atoms with Crippen LogP contribution in [0, 0.1) is 0 Å². The van der Waals surface area contributed by atoms with Crippen LogP contribution in [0.2, 0.25) is 0 Å². The molecule has 2 heterocycles. The van der Waals surface area contributed by atoms with Crippen molar-refractivity contribution in [1.29, 1.82) is 0 Å². The SMILES string of the molecule is NC1(C(=O)Nc2ccc3c(c2)CCN3)CCOCC1. The lowest BCUT2D eigenvalue weighted by atomic mass is 9.90. The lowest BCUT2D eigenvalue weighted by molar-refractivity contribution is -0.124. The molecule has 1 aromatic carbocycles. The standard InChI is InChI=1S/C14H19N3O2/c15-14(4-7-19-8-5-14)13(18)17-11-1-2-12-10(9-11)3-6-16-12/h1-2,9,16H,3-8,15H2,(H,17,18). The average molecular weight is 261 g/mol. The summed E-state index contributed by atoms with van der Waals surface area (Å²) in [6.45, 7) is 2.07. The smallest absolute Gasteiger partial charge is 0.244 e. The molecule has 102 valence electrons. The zero-order valence-corrected chi connectivity index (χ0v) is 10.9. The number of amides is 1. The lowest BCUT2D eigenvalue weighted by Gasteiger charge is -2.31. The van der Waals surface area contributed by atoms with Gasteiger partial charge in [0.2, 0.25) is 5.91 Å². The first-order valence-corrected chi connectivity index (χ1v) is 6.72. The molecule has 5 nitrogen and oxygen atoms in total. The van der Waals surface area contributed by atoms with Crippen LogP contribution in [0.1, 0.15) is 18.4 Å². The molecule has 2 aliphatic heterocycles. The van der Waals surface area contributed by atoms with Crippen LogP contribution in [0.15, 0.2) is 18.2 Å². The number of carbonyl (C=O) groups is 1. The number of rotatable bonds is 2. The third kappa shape index (κ3) is 2.43. The Balaban J connectivity index is 1.72. The summed E-state index contributed by atoms with van der Waals surface area (Å²) in [5.41, 5.74) is 8.59. The van der Waals surface area contributed by atoms with Gasteiger partial charge < -0.3 is 21.1 Å². The van der Waals surface area contributed by atoms with Gasteiger partial charge in [-0.1, -0.05) is 0 Å². The molecule has 0 aromatic heterocycles. The van der Waals surface area contributed by atoms with E-state index in [2.05, 4.69) is 10.6 Å². The Morgan fingerprint density at radius 3 is 2.95 bits per heavy atom. The summed E-state index contributed by atoms with van der Waals surface area (Å²) in [4.78, 5) is 12.3. The van der Waals surface area contributed by atoms with E-state index in [0.29, 0.717) is 26.1 Å². The van der Waals surface area contributed by atoms with Crippen LogP contribution in [-0.4, -0.2) is 31.2 Å². The van der Waals surface area contributed by atoms with E-state index in [-0.39, 0.29) is 5.91 Å². The first-order valence-electron chi connectivity index (χ1n) is 6.72. The van der Waals surface area contributed by atoms with Gasteiger partial charge in [0, 0.05) is 31.1 Å². The van der Waals surface area contributed by atoms with Gasteiger partial charge in [0.15, 0.2) is 0 Å². The highest BCUT2D eigenvalue weighted by molar-refractivity contribution is 5.98. The normalized spacial score (nSPS) is 20.5. The first-order chi connectivity index (χ1) is 9.17. The molecule has 19 heavy (non-hydrogen) atoms. The highest BCUT2D eigenvalue weighted by atomic mass is 16.5. The fraction of sp³-hybridized carbons (Fsp3) is 0.500. The molecule has 0 bridgehead atoms. The molecule has 1 amide bonds. The summed E-state index contributed by atoms with van der Waals surface area (Å²) in [7, 11) is 0. The van der Waals surface area contributed by atoms with Crippen molar-refractivity contribution in [3.8, 4) is 0 Å². The van der Waals surface area contributed by atoms with Crippen molar-refractivity contribution >= 4 is 17.3 Å². The fourth-order valence-corrected chi connectivity index (χ4v) is 2.60. The quantitative estimate of drug-likeness (QED) is 0.745. The summed E-state index contributed by atoms with van der Waals surface area (Å²) in [5.74, 6) is -0.110. The second-order valence-electron chi connectivity index (χ2n) is 5.27. The molecule has 3 rings (SSSR count). The van der Waals surface area contributed by atoms with Gasteiger partial charge in [-0.2, -0.15) is 0 Å². The van der Waals surface area contributed by atoms with Crippen molar-refractivity contribution in [2.24, 2.45) is 5.73 Å². The van der Waals surface area contributed by atoms with Crippen LogP contribution in [0.25, 0.3) is 0 Å². The maximum Gasteiger partial charge on any atom is 0.244 e. The molecule has 0 spiro atoms. The van der Waals surface area contributed by atoms with Gasteiger partial charge in [0.1, 0.15) is 5.54 Å². The Morgan fingerprint density at radius 1 is 1.37 bits per heavy atom. The molecule has 0 atom stereocenters. The van der Waals surface area contributed by atoms with Crippen LogP contribution < -0.4 is 16.4 Å². The number of carbonyl (C=O) groups excluding carboxylic acids is 1. The van der Waals surface area contributed by atoms with E-state index in [1.807, 2.05) is 18.2 Å². The van der Waals surface area contributed by atoms with Gasteiger partial charge in [-0.05, 0) is 43.0 Å². The summed E-state index contributed by atoms with van der Waals surface area (Å²) >= 11 is 0. The van der Waals surface area contributed by atoms with E-state index in [9.17, 15) is 4.79 Å². The molecule has 0 radical (unpaired) electrons. The van der Waals surface area contributed by atoms with Crippen LogP contribution in [0.3, 0.4) is 0 Å². The Bertz CT molecular complexity index is 495. The summed E-state index contributed by atoms with van der Waals surface area (Å²) in [6, 6.07) is 5.94. The zero-order chi connectivity index (χ0) is 13.3. The number of anilines is 2. The number of fused-ring (bicyclic) bond motifs is 1. The van der Waals surface area contributed by atoms with Crippen molar-refractivity contribution in [2.45, 2.75) is 24.8 Å². The monoisotopic (exact) mass is 261 g/mol. The number of nitrogens with two attached hydrogens (primary N) is 1. The predicted molar refractivity (Wildman–Crippen MR) is 74.2 cm³/mol. The number of hydrogen-bond acceptors (Lipinski definition) is 4. The van der Waals surface area contributed by atoms with E-state index in [1.165, 1.54) is 5.56 Å². The Morgan fingerprint density at radius 2 is 2.16 bits per heavy atom. The van der Waals surface area contributed by atoms with Crippen LogP contribution in [0.5, 0.6) is 0 Å². The largest absolute Gasteiger partial charge is 0.384 e. The topological polar surface area (TPSA) is 76.4 Å². The maximum atomic E-state index is 12.3. The minimum absolute atomic E-state index is 0.110. The van der Waals surface area contributed by atoms with E-state index < -0.39 is 5.54 Å². The Labute approximate surface area is 112 Å². The van der Waals surface area contributed by atoms with Crippen molar-refractivity contribution in [3.63, 3.8) is 0 Å². The second-order valence-corrected chi connectivity index (χ2v) is 5.27. The molecule has 2 aliphatic rings. The number of nitrogens with one attached hydrogen (secondary N) is 2. The van der Waals surface area contributed by atoms with Crippen molar-refractivity contribution in [3.05, 3.63) is 23.8 Å². The highest BCUT2D eigenvalue weighted by Crippen LogP contribution is 2.26. The minimum Gasteiger partial charge on any atom is -0.384 e. The molecule has 1 aromatic rings. The second kappa shape index (κ2) is 4.83. The van der Waals surface area contributed by atoms with Crippen molar-refractivity contribution in [2.75, 3.05) is 30.4 Å². The van der Waals surface area contributed by atoms with Gasteiger partial charge in [0.05, 0.1) is 0 Å². The van der Waals surface area contributed by atoms with Crippen LogP contribution in [-0.2, 0) is 16.0 Å². The molecule has 0 saturated carbocycles. The predicted octanol–water partition coefficient (Wildman–Crippen LogP) is 1.10. The molecule has 5 heteroatoms. The number of hydrogen-bond donors (Lipinski definition) is 3. The molecule has 4 N–H and O–H groups in total. The third-order valence-corrected chi connectivity index (χ3v) is 3.91. The molecular formula is C14H19N3O2. The molecule has 0 unspecified atom stereocenters. The number of ether oxygens (including phenoxy) is 1. The Kier molecular flexibility index (Phi) is 3.16. The van der Waals surface area contributed by atoms with Crippen LogP contribution in [0.4, 0.5) is 11.4 Å². The van der Waals surface area contributed by atoms with Gasteiger partial charge in [-0.3, -0.25) is 4.79 Å². The highest BCUT2D eigenvalue weighted by Gasteiger charge is 2.35. The summed E-state index contributed by atoms with van der Waals surface area (Å²) < 4.78 is 5.26. The van der Waals surface area contributed by atoms with E-state index in [0.717, 1.165) is 24.3 Å².